The summed E-state index contributed by atoms with van der Waals surface area (Å²) in [7, 11) is 0. The van der Waals surface area contributed by atoms with E-state index in [1.165, 1.54) is 0 Å². The Labute approximate surface area is 142 Å². The molecule has 1 aliphatic heterocycles. The fraction of sp³-hybridized carbons (Fsp3) is 0.250. The average Bonchev–Trinajstić information content (AvgIpc) is 2.62. The van der Waals surface area contributed by atoms with Crippen LogP contribution >= 0.6 is 0 Å². The van der Waals surface area contributed by atoms with Crippen molar-refractivity contribution in [3.8, 4) is 0 Å². The molecule has 1 aromatic carbocycles. The number of rotatable bonds is 4. The molecule has 0 saturated carbocycles. The van der Waals surface area contributed by atoms with Gasteiger partial charge in [-0.15, -0.1) is 0 Å². The first kappa shape index (κ1) is 16.8. The molecule has 1 saturated heterocycles. The van der Waals surface area contributed by atoms with E-state index in [1.54, 1.807) is 12.3 Å². The van der Waals surface area contributed by atoms with E-state index >= 15 is 0 Å². The first-order chi connectivity index (χ1) is 12.0. The molecule has 0 bridgehead atoms. The van der Waals surface area contributed by atoms with Gasteiger partial charge in [0.15, 0.2) is 0 Å². The second kappa shape index (κ2) is 7.22. The number of hydrogen-bond acceptors (Lipinski definition) is 6. The van der Waals surface area contributed by atoms with Gasteiger partial charge in [0.25, 0.3) is 11.6 Å². The Morgan fingerprint density at radius 3 is 2.64 bits per heavy atom. The van der Waals surface area contributed by atoms with Gasteiger partial charge in [0, 0.05) is 32.2 Å². The smallest absolute Gasteiger partial charge is 0.272 e. The van der Waals surface area contributed by atoms with E-state index in [9.17, 15) is 19.3 Å². The zero-order chi connectivity index (χ0) is 17.8. The van der Waals surface area contributed by atoms with Crippen LogP contribution in [0.3, 0.4) is 0 Å². The average molecular weight is 345 g/mol. The molecule has 3 rings (SSSR count). The summed E-state index contributed by atoms with van der Waals surface area (Å²) in [5, 5.41) is 16.4. The summed E-state index contributed by atoms with van der Waals surface area (Å²) in [6.07, 6.45) is 1.65. The van der Waals surface area contributed by atoms with Gasteiger partial charge in [0.2, 0.25) is 0 Å². The number of anilines is 2. The highest BCUT2D eigenvalue weighted by Crippen LogP contribution is 2.19. The lowest BCUT2D eigenvalue weighted by Gasteiger charge is -2.29. The minimum Gasteiger partial charge on any atom is -0.368 e. The lowest BCUT2D eigenvalue weighted by molar-refractivity contribution is -0.385. The zero-order valence-electron chi connectivity index (χ0n) is 13.2. The SMILES string of the molecule is O=C(Nc1ccc(N2CCNCC2)cn1)c1ccc([N+](=O)[O-])cc1F. The van der Waals surface area contributed by atoms with E-state index in [1.807, 2.05) is 6.07 Å². The third kappa shape index (κ3) is 3.89. The van der Waals surface area contributed by atoms with Gasteiger partial charge in [-0.25, -0.2) is 9.37 Å². The molecule has 9 heteroatoms. The summed E-state index contributed by atoms with van der Waals surface area (Å²) in [6, 6.07) is 6.35. The number of pyridine rings is 1. The predicted molar refractivity (Wildman–Crippen MR) is 90.3 cm³/mol. The van der Waals surface area contributed by atoms with Crippen LogP contribution < -0.4 is 15.5 Å². The van der Waals surface area contributed by atoms with E-state index in [-0.39, 0.29) is 11.4 Å². The molecule has 0 unspecified atom stereocenters. The number of halogens is 1. The molecule has 0 atom stereocenters. The number of carbonyl (C=O) groups excluding carboxylic acids is 1. The van der Waals surface area contributed by atoms with Crippen LogP contribution in [-0.2, 0) is 0 Å². The molecule has 1 fully saturated rings. The Balaban J connectivity index is 1.69. The van der Waals surface area contributed by atoms with Crippen molar-refractivity contribution in [2.75, 3.05) is 36.4 Å². The Kier molecular flexibility index (Phi) is 4.85. The molecule has 130 valence electrons. The minimum atomic E-state index is -0.955. The quantitative estimate of drug-likeness (QED) is 0.647. The van der Waals surface area contributed by atoms with Crippen molar-refractivity contribution in [3.05, 3.63) is 58.0 Å². The number of non-ortho nitro benzene ring substituents is 1. The zero-order valence-corrected chi connectivity index (χ0v) is 13.2. The first-order valence-electron chi connectivity index (χ1n) is 7.71. The number of nitrogens with one attached hydrogen (secondary N) is 2. The fourth-order valence-corrected chi connectivity index (χ4v) is 2.56. The lowest BCUT2D eigenvalue weighted by atomic mass is 10.2. The Morgan fingerprint density at radius 1 is 1.28 bits per heavy atom. The van der Waals surface area contributed by atoms with Crippen LogP contribution in [0.15, 0.2) is 36.5 Å². The molecule has 2 heterocycles. The van der Waals surface area contributed by atoms with E-state index in [4.69, 9.17) is 0 Å². The number of nitro benzene ring substituents is 1. The standard InChI is InChI=1S/C16H16FN5O3/c17-14-9-11(22(24)25)1-3-13(14)16(23)20-15-4-2-12(10-19-15)21-7-5-18-6-8-21/h1-4,9-10,18H,5-8H2,(H,19,20,23). The van der Waals surface area contributed by atoms with Crippen LogP contribution in [0, 0.1) is 15.9 Å². The minimum absolute atomic E-state index is 0.279. The maximum absolute atomic E-state index is 13.9. The van der Waals surface area contributed by atoms with Crippen molar-refractivity contribution in [2.24, 2.45) is 0 Å². The number of benzene rings is 1. The molecule has 2 aromatic rings. The van der Waals surface area contributed by atoms with Gasteiger partial charge in [-0.05, 0) is 18.2 Å². The molecule has 25 heavy (non-hydrogen) atoms. The van der Waals surface area contributed by atoms with Gasteiger partial charge in [-0.3, -0.25) is 14.9 Å². The number of carbonyl (C=O) groups is 1. The number of aromatic nitrogens is 1. The molecular formula is C16H16FN5O3. The van der Waals surface area contributed by atoms with Crippen LogP contribution in [0.1, 0.15) is 10.4 Å². The summed E-state index contributed by atoms with van der Waals surface area (Å²) in [5.74, 6) is -1.39. The van der Waals surface area contributed by atoms with Gasteiger partial charge >= 0.3 is 0 Å². The Morgan fingerprint density at radius 2 is 2.04 bits per heavy atom. The maximum atomic E-state index is 13.9. The van der Waals surface area contributed by atoms with Gasteiger partial charge in [-0.1, -0.05) is 0 Å². The summed E-state index contributed by atoms with van der Waals surface area (Å²) >= 11 is 0. The van der Waals surface area contributed by atoms with Crippen molar-refractivity contribution in [2.45, 2.75) is 0 Å². The molecule has 0 radical (unpaired) electrons. The van der Waals surface area contributed by atoms with E-state index in [2.05, 4.69) is 20.5 Å². The van der Waals surface area contributed by atoms with Gasteiger partial charge < -0.3 is 15.5 Å². The molecule has 1 amide bonds. The van der Waals surface area contributed by atoms with E-state index in [0.29, 0.717) is 0 Å². The van der Waals surface area contributed by atoms with E-state index in [0.717, 1.165) is 50.1 Å². The fourth-order valence-electron chi connectivity index (χ4n) is 2.56. The summed E-state index contributed by atoms with van der Waals surface area (Å²) < 4.78 is 13.9. The van der Waals surface area contributed by atoms with Crippen molar-refractivity contribution in [3.63, 3.8) is 0 Å². The molecule has 8 nitrogen and oxygen atoms in total. The van der Waals surface area contributed by atoms with Gasteiger partial charge in [-0.2, -0.15) is 0 Å². The van der Waals surface area contributed by atoms with Gasteiger partial charge in [0.1, 0.15) is 11.6 Å². The highest BCUT2D eigenvalue weighted by molar-refractivity contribution is 6.04. The summed E-state index contributed by atoms with van der Waals surface area (Å²) in [6.45, 7) is 3.55. The van der Waals surface area contributed by atoms with Crippen LogP contribution in [0.25, 0.3) is 0 Å². The second-order valence-corrected chi connectivity index (χ2v) is 5.51. The normalized spacial score (nSPS) is 14.2. The molecule has 0 aliphatic carbocycles. The molecule has 1 aliphatic rings. The predicted octanol–water partition coefficient (Wildman–Crippen LogP) is 1.79. The molecule has 0 spiro atoms. The monoisotopic (exact) mass is 345 g/mol. The second-order valence-electron chi connectivity index (χ2n) is 5.51. The van der Waals surface area contributed by atoms with E-state index < -0.39 is 22.3 Å². The first-order valence-corrected chi connectivity index (χ1v) is 7.71. The van der Waals surface area contributed by atoms with Crippen molar-refractivity contribution in [1.82, 2.24) is 10.3 Å². The number of nitrogens with zero attached hydrogens (tertiary/aromatic N) is 3. The van der Waals surface area contributed by atoms with Crippen molar-refractivity contribution in [1.29, 1.82) is 0 Å². The maximum Gasteiger partial charge on any atom is 0.272 e. The van der Waals surface area contributed by atoms with Crippen molar-refractivity contribution < 1.29 is 14.1 Å². The summed E-state index contributed by atoms with van der Waals surface area (Å²) in [4.78, 5) is 28.4. The topological polar surface area (TPSA) is 100 Å². The third-order valence-electron chi connectivity index (χ3n) is 3.88. The summed E-state index contributed by atoms with van der Waals surface area (Å²) in [5.41, 5.74) is 0.257. The van der Waals surface area contributed by atoms with Crippen LogP contribution in [0.5, 0.6) is 0 Å². The molecule has 1 aromatic heterocycles. The molecular weight excluding hydrogens is 329 g/mol. The highest BCUT2D eigenvalue weighted by atomic mass is 19.1. The number of piperazine rings is 1. The molecule has 2 N–H and O–H groups in total. The Hall–Kier alpha value is -3.07. The number of amides is 1. The highest BCUT2D eigenvalue weighted by Gasteiger charge is 2.17. The third-order valence-corrected chi connectivity index (χ3v) is 3.88. The van der Waals surface area contributed by atoms with Gasteiger partial charge in [0.05, 0.1) is 28.4 Å². The van der Waals surface area contributed by atoms with Crippen LogP contribution in [0.4, 0.5) is 21.6 Å². The van der Waals surface area contributed by atoms with Crippen LogP contribution in [0.2, 0.25) is 0 Å². The number of nitro groups is 1. The number of hydrogen-bond donors (Lipinski definition) is 2. The Bertz CT molecular complexity index is 791. The lowest BCUT2D eigenvalue weighted by Crippen LogP contribution is -2.43. The van der Waals surface area contributed by atoms with Crippen LogP contribution in [-0.4, -0.2) is 42.0 Å². The van der Waals surface area contributed by atoms with Crippen molar-refractivity contribution >= 4 is 23.1 Å². The largest absolute Gasteiger partial charge is 0.368 e.